The van der Waals surface area contributed by atoms with Crippen LogP contribution in [0.15, 0.2) is 23.3 Å². The van der Waals surface area contributed by atoms with Gasteiger partial charge in [-0.15, -0.1) is 0 Å². The van der Waals surface area contributed by atoms with Crippen LogP contribution < -0.4 is 5.32 Å². The summed E-state index contributed by atoms with van der Waals surface area (Å²) in [5.74, 6) is -1.59. The molecule has 0 saturated heterocycles. The van der Waals surface area contributed by atoms with Gasteiger partial charge in [-0.05, 0) is 51.5 Å². The molecule has 7 nitrogen and oxygen atoms in total. The smallest absolute Gasteiger partial charge is 0.327 e. The number of amides is 1. The maximum atomic E-state index is 12.5. The van der Waals surface area contributed by atoms with Crippen LogP contribution >= 0.6 is 11.8 Å². The Morgan fingerprint density at radius 3 is 2.53 bits per heavy atom. The highest BCUT2D eigenvalue weighted by Gasteiger charge is 2.25. The van der Waals surface area contributed by atoms with E-state index < -0.39 is 24.0 Å². The third kappa shape index (κ3) is 9.34. The first-order valence-electron chi connectivity index (χ1n) is 10.3. The SMILES string of the molecule is CC(=O)NC(CSC1CC(=O)OC(C)C(C)CC/C=C(\C)C(O)C/C=C/1C)C(=O)O. The summed E-state index contributed by atoms with van der Waals surface area (Å²) in [5.41, 5.74) is 1.78. The number of nitrogens with one attached hydrogen (secondary N) is 1. The van der Waals surface area contributed by atoms with Crippen LogP contribution in [0.4, 0.5) is 0 Å². The van der Waals surface area contributed by atoms with Gasteiger partial charge in [0.25, 0.3) is 0 Å². The van der Waals surface area contributed by atoms with Crippen molar-refractivity contribution in [1.82, 2.24) is 5.32 Å². The highest BCUT2D eigenvalue weighted by Crippen LogP contribution is 2.27. The summed E-state index contributed by atoms with van der Waals surface area (Å²) in [6, 6.07) is -1.04. The molecule has 8 heteroatoms. The van der Waals surface area contributed by atoms with Gasteiger partial charge in [-0.3, -0.25) is 9.59 Å². The summed E-state index contributed by atoms with van der Waals surface area (Å²) < 4.78 is 5.62. The van der Waals surface area contributed by atoms with Crippen LogP contribution in [0, 0.1) is 5.92 Å². The van der Waals surface area contributed by atoms with Gasteiger partial charge >= 0.3 is 11.9 Å². The van der Waals surface area contributed by atoms with Gasteiger partial charge < -0.3 is 20.3 Å². The number of aliphatic hydroxyl groups is 1. The van der Waals surface area contributed by atoms with Gasteiger partial charge in [0.2, 0.25) is 5.91 Å². The lowest BCUT2D eigenvalue weighted by atomic mass is 9.97. The van der Waals surface area contributed by atoms with Crippen LogP contribution in [0.25, 0.3) is 0 Å². The molecular formula is C22H35NO6S. The molecule has 170 valence electrons. The maximum Gasteiger partial charge on any atom is 0.327 e. The Labute approximate surface area is 183 Å². The topological polar surface area (TPSA) is 113 Å². The quantitative estimate of drug-likeness (QED) is 0.444. The lowest BCUT2D eigenvalue weighted by Gasteiger charge is -2.24. The predicted molar refractivity (Wildman–Crippen MR) is 118 cm³/mol. The van der Waals surface area contributed by atoms with Crippen LogP contribution in [-0.4, -0.2) is 57.3 Å². The van der Waals surface area contributed by atoms with Gasteiger partial charge in [0, 0.05) is 17.9 Å². The molecule has 5 unspecified atom stereocenters. The number of carbonyl (C=O) groups excluding carboxylic acids is 2. The van der Waals surface area contributed by atoms with Crippen LogP contribution in [0.5, 0.6) is 0 Å². The number of carboxylic acids is 1. The average Bonchev–Trinajstić information content (AvgIpc) is 2.66. The summed E-state index contributed by atoms with van der Waals surface area (Å²) in [6.07, 6.45) is 5.26. The van der Waals surface area contributed by atoms with E-state index in [9.17, 15) is 24.6 Å². The van der Waals surface area contributed by atoms with Crippen molar-refractivity contribution < 1.29 is 29.3 Å². The zero-order valence-corrected chi connectivity index (χ0v) is 19.3. The number of carboxylic acid groups (broad SMARTS) is 1. The molecule has 0 fully saturated rings. The number of thioether (sulfide) groups is 1. The van der Waals surface area contributed by atoms with E-state index in [1.165, 1.54) is 18.7 Å². The molecule has 1 amide bonds. The molecule has 1 aliphatic rings. The summed E-state index contributed by atoms with van der Waals surface area (Å²) >= 11 is 1.29. The van der Waals surface area contributed by atoms with Crippen molar-refractivity contribution in [1.29, 1.82) is 0 Å². The largest absolute Gasteiger partial charge is 0.480 e. The van der Waals surface area contributed by atoms with E-state index in [0.29, 0.717) is 6.42 Å². The second-order valence-electron chi connectivity index (χ2n) is 8.01. The molecule has 0 aromatic carbocycles. The van der Waals surface area contributed by atoms with Crippen LogP contribution in [0.3, 0.4) is 0 Å². The first-order valence-corrected chi connectivity index (χ1v) is 11.4. The standard InChI is InChI=1S/C22H35NO6S/c1-13-7-6-8-14(2)19(25)10-9-15(3)20(11-21(26)29-16(13)4)30-12-18(22(27)28)23-17(5)24/h8-9,13,16,18-20,25H,6-7,10-12H2,1-5H3,(H,23,24)(H,27,28)/b14-8+,15-9+. The van der Waals surface area contributed by atoms with Gasteiger partial charge in [-0.25, -0.2) is 4.79 Å². The van der Waals surface area contributed by atoms with Gasteiger partial charge in [0.1, 0.15) is 12.1 Å². The van der Waals surface area contributed by atoms with Crippen molar-refractivity contribution in [2.45, 2.75) is 83.8 Å². The van der Waals surface area contributed by atoms with E-state index >= 15 is 0 Å². The molecule has 0 spiro atoms. The Morgan fingerprint density at radius 1 is 1.27 bits per heavy atom. The number of rotatable bonds is 5. The minimum Gasteiger partial charge on any atom is -0.480 e. The third-order valence-corrected chi connectivity index (χ3v) is 6.86. The van der Waals surface area contributed by atoms with Crippen molar-refractivity contribution in [2.24, 2.45) is 5.92 Å². The molecule has 1 rings (SSSR count). The van der Waals surface area contributed by atoms with E-state index in [-0.39, 0.29) is 35.4 Å². The summed E-state index contributed by atoms with van der Waals surface area (Å²) in [7, 11) is 0. The molecule has 5 atom stereocenters. The second kappa shape index (κ2) is 12.8. The molecule has 1 aliphatic heterocycles. The number of allylic oxidation sites excluding steroid dienone is 1. The monoisotopic (exact) mass is 441 g/mol. The Bertz CT molecular complexity index is 675. The van der Waals surface area contributed by atoms with E-state index in [0.717, 1.165) is 24.0 Å². The van der Waals surface area contributed by atoms with Gasteiger partial charge in [-0.1, -0.05) is 24.6 Å². The number of cyclic esters (lactones) is 1. The zero-order chi connectivity index (χ0) is 22.8. The maximum absolute atomic E-state index is 12.5. The van der Waals surface area contributed by atoms with E-state index in [1.54, 1.807) is 0 Å². The molecule has 30 heavy (non-hydrogen) atoms. The van der Waals surface area contributed by atoms with Gasteiger partial charge in [0.15, 0.2) is 0 Å². The third-order valence-electron chi connectivity index (χ3n) is 5.40. The predicted octanol–water partition coefficient (Wildman–Crippen LogP) is 3.07. The Hall–Kier alpha value is -1.80. The van der Waals surface area contributed by atoms with Crippen LogP contribution in [0.2, 0.25) is 0 Å². The van der Waals surface area contributed by atoms with Crippen LogP contribution in [-0.2, 0) is 19.1 Å². The fraction of sp³-hybridized carbons (Fsp3) is 0.682. The first kappa shape index (κ1) is 26.2. The Kier molecular flexibility index (Phi) is 11.2. The number of hydrogen-bond acceptors (Lipinski definition) is 6. The number of carbonyl (C=O) groups is 3. The average molecular weight is 442 g/mol. The molecule has 0 aromatic rings. The molecule has 0 aromatic heterocycles. The highest BCUT2D eigenvalue weighted by molar-refractivity contribution is 8.00. The van der Waals surface area contributed by atoms with Gasteiger partial charge in [-0.2, -0.15) is 11.8 Å². The summed E-state index contributed by atoms with van der Waals surface area (Å²) in [6.45, 7) is 8.95. The van der Waals surface area contributed by atoms with Gasteiger partial charge in [0.05, 0.1) is 12.5 Å². The van der Waals surface area contributed by atoms with E-state index in [1.807, 2.05) is 39.8 Å². The number of esters is 1. The van der Waals surface area contributed by atoms with E-state index in [4.69, 9.17) is 4.74 Å². The zero-order valence-electron chi connectivity index (χ0n) is 18.5. The molecule has 1 heterocycles. The fourth-order valence-electron chi connectivity index (χ4n) is 3.07. The number of hydrogen-bond donors (Lipinski definition) is 3. The molecule has 0 aliphatic carbocycles. The van der Waals surface area contributed by atoms with Crippen molar-refractivity contribution in [3.63, 3.8) is 0 Å². The van der Waals surface area contributed by atoms with Crippen molar-refractivity contribution in [2.75, 3.05) is 5.75 Å². The molecule has 0 radical (unpaired) electrons. The van der Waals surface area contributed by atoms with Crippen molar-refractivity contribution in [3.8, 4) is 0 Å². The first-order chi connectivity index (χ1) is 14.0. The summed E-state index contributed by atoms with van der Waals surface area (Å²) in [5, 5.41) is 21.8. The molecular weight excluding hydrogens is 406 g/mol. The minimum atomic E-state index is -1.12. The Morgan fingerprint density at radius 2 is 1.93 bits per heavy atom. The molecule has 3 N–H and O–H groups in total. The minimum absolute atomic E-state index is 0.0986. The molecule has 0 saturated carbocycles. The van der Waals surface area contributed by atoms with Crippen molar-refractivity contribution in [3.05, 3.63) is 23.3 Å². The van der Waals surface area contributed by atoms with Crippen molar-refractivity contribution >= 4 is 29.6 Å². The van der Waals surface area contributed by atoms with Crippen LogP contribution in [0.1, 0.15) is 60.3 Å². The summed E-state index contributed by atoms with van der Waals surface area (Å²) in [4.78, 5) is 35.2. The Balaban J connectivity index is 3.03. The number of ether oxygens (including phenoxy) is 1. The highest BCUT2D eigenvalue weighted by atomic mass is 32.2. The lowest BCUT2D eigenvalue weighted by molar-refractivity contribution is -0.150. The normalized spacial score (nSPS) is 31.2. The lowest BCUT2D eigenvalue weighted by Crippen LogP contribution is -2.42. The second-order valence-corrected chi connectivity index (χ2v) is 9.25. The number of aliphatic carboxylic acids is 1. The number of aliphatic hydroxyl groups excluding tert-OH is 1. The fourth-order valence-corrected chi connectivity index (χ4v) is 4.33. The van der Waals surface area contributed by atoms with E-state index in [2.05, 4.69) is 5.32 Å². The molecule has 0 bridgehead atoms.